The van der Waals surface area contributed by atoms with Crippen molar-refractivity contribution in [3.63, 3.8) is 0 Å². The van der Waals surface area contributed by atoms with Gasteiger partial charge in [-0.1, -0.05) is 26.7 Å². The molecule has 0 bridgehead atoms. The van der Waals surface area contributed by atoms with Crippen LogP contribution in [0.25, 0.3) is 0 Å². The summed E-state index contributed by atoms with van der Waals surface area (Å²) in [7, 11) is 0. The van der Waals surface area contributed by atoms with E-state index in [0.29, 0.717) is 0 Å². The molecule has 0 saturated heterocycles. The number of rotatable bonds is 1. The third-order valence-electron chi connectivity index (χ3n) is 2.32. The summed E-state index contributed by atoms with van der Waals surface area (Å²) >= 11 is 0. The third-order valence-corrected chi connectivity index (χ3v) is 2.32. The molecule has 2 atom stereocenters. The highest BCUT2D eigenvalue weighted by molar-refractivity contribution is 4.75. The summed E-state index contributed by atoms with van der Waals surface area (Å²) in [6.07, 6.45) is 4.39. The minimum absolute atomic E-state index is 1.05. The fourth-order valence-electron chi connectivity index (χ4n) is 1.34. The van der Waals surface area contributed by atoms with E-state index in [9.17, 15) is 0 Å². The first-order valence-electron chi connectivity index (χ1n) is 3.34. The maximum atomic E-state index is 2.36. The van der Waals surface area contributed by atoms with E-state index in [-0.39, 0.29) is 0 Å². The van der Waals surface area contributed by atoms with Crippen LogP contribution in [0.2, 0.25) is 0 Å². The van der Waals surface area contributed by atoms with Crippen LogP contribution >= 0.6 is 0 Å². The smallest absolute Gasteiger partial charge is 0.0391 e. The molecule has 0 heterocycles. The maximum Gasteiger partial charge on any atom is -0.0391 e. The summed E-state index contributed by atoms with van der Waals surface area (Å²) in [5, 5.41) is 0. The van der Waals surface area contributed by atoms with Crippen LogP contribution in [0, 0.1) is 11.8 Å². The molecule has 0 N–H and O–H groups in total. The summed E-state index contributed by atoms with van der Waals surface area (Å²) in [4.78, 5) is 0. The van der Waals surface area contributed by atoms with Gasteiger partial charge in [-0.2, -0.15) is 0 Å². The van der Waals surface area contributed by atoms with E-state index in [4.69, 9.17) is 0 Å². The number of hydrogen-bond acceptors (Lipinski definition) is 0. The van der Waals surface area contributed by atoms with Crippen molar-refractivity contribution >= 4 is 0 Å². The van der Waals surface area contributed by atoms with Crippen molar-refractivity contribution in [3.05, 3.63) is 0 Å². The monoisotopic (exact) mass is 98.1 g/mol. The minimum atomic E-state index is 1.05. The van der Waals surface area contributed by atoms with E-state index < -0.39 is 0 Å². The van der Waals surface area contributed by atoms with Crippen LogP contribution in [0.3, 0.4) is 0 Å². The van der Waals surface area contributed by atoms with Crippen LogP contribution in [0.5, 0.6) is 0 Å². The molecule has 0 amide bonds. The molecule has 0 aliphatic heterocycles. The molecule has 0 aromatic carbocycles. The molecule has 0 heteroatoms. The zero-order valence-corrected chi connectivity index (χ0v) is 5.28. The maximum absolute atomic E-state index is 2.36. The molecule has 1 rings (SSSR count). The highest BCUT2D eigenvalue weighted by Gasteiger charge is 2.23. The fourth-order valence-corrected chi connectivity index (χ4v) is 1.34. The van der Waals surface area contributed by atoms with E-state index in [2.05, 4.69) is 13.8 Å². The Morgan fingerprint density at radius 3 is 2.14 bits per heavy atom. The zero-order valence-electron chi connectivity index (χ0n) is 5.28. The van der Waals surface area contributed by atoms with Gasteiger partial charge in [0.1, 0.15) is 0 Å². The quantitative estimate of drug-likeness (QED) is 0.472. The molecule has 0 nitrogen and oxygen atoms in total. The average Bonchev–Trinajstić information content (AvgIpc) is 1.65. The Labute approximate surface area is 45.9 Å². The Morgan fingerprint density at radius 1 is 1.43 bits per heavy atom. The van der Waals surface area contributed by atoms with Crippen molar-refractivity contribution in [1.29, 1.82) is 0 Å². The largest absolute Gasteiger partial charge is 0.0651 e. The van der Waals surface area contributed by atoms with Gasteiger partial charge in [-0.3, -0.25) is 0 Å². The molecule has 7 heavy (non-hydrogen) atoms. The van der Waals surface area contributed by atoms with Gasteiger partial charge in [0.2, 0.25) is 0 Å². The van der Waals surface area contributed by atoms with Crippen molar-refractivity contribution in [1.82, 2.24) is 0 Å². The Hall–Kier alpha value is 0. The Bertz CT molecular complexity index is 55.1. The molecule has 0 spiro atoms. The van der Waals surface area contributed by atoms with Crippen molar-refractivity contribution < 1.29 is 0 Å². The summed E-state index contributed by atoms with van der Waals surface area (Å²) in [6, 6.07) is 0. The summed E-state index contributed by atoms with van der Waals surface area (Å²) in [6.45, 7) is 4.65. The molecule has 0 aromatic heterocycles. The minimum Gasteiger partial charge on any atom is -0.0651 e. The zero-order chi connectivity index (χ0) is 5.28. The van der Waals surface area contributed by atoms with Gasteiger partial charge < -0.3 is 0 Å². The lowest BCUT2D eigenvalue weighted by Gasteiger charge is -2.32. The second-order valence-electron chi connectivity index (χ2n) is 2.72. The highest BCUT2D eigenvalue weighted by Crippen LogP contribution is 2.35. The van der Waals surface area contributed by atoms with Crippen molar-refractivity contribution in [2.75, 3.05) is 0 Å². The lowest BCUT2D eigenvalue weighted by molar-refractivity contribution is 0.190. The summed E-state index contributed by atoms with van der Waals surface area (Å²) in [5.41, 5.74) is 0. The molecule has 1 aliphatic rings. The second-order valence-corrected chi connectivity index (χ2v) is 2.72. The van der Waals surface area contributed by atoms with Crippen LogP contribution in [-0.4, -0.2) is 0 Å². The van der Waals surface area contributed by atoms with E-state index in [1.54, 1.807) is 0 Å². The van der Waals surface area contributed by atoms with Crippen LogP contribution in [-0.2, 0) is 0 Å². The van der Waals surface area contributed by atoms with Gasteiger partial charge in [-0.25, -0.2) is 0 Å². The van der Waals surface area contributed by atoms with Gasteiger partial charge in [0, 0.05) is 0 Å². The molecule has 1 fully saturated rings. The first kappa shape index (κ1) is 5.14. The van der Waals surface area contributed by atoms with Gasteiger partial charge in [0.25, 0.3) is 0 Å². The van der Waals surface area contributed by atoms with Crippen molar-refractivity contribution in [2.45, 2.75) is 33.1 Å². The molecule has 0 aromatic rings. The van der Waals surface area contributed by atoms with E-state index >= 15 is 0 Å². The van der Waals surface area contributed by atoms with E-state index in [0.717, 1.165) is 11.8 Å². The summed E-state index contributed by atoms with van der Waals surface area (Å²) < 4.78 is 0. The molecule has 1 aliphatic carbocycles. The lowest BCUT2D eigenvalue weighted by Crippen LogP contribution is -2.21. The fraction of sp³-hybridized carbons (Fsp3) is 1.00. The molecule has 0 radical (unpaired) electrons. The lowest BCUT2D eigenvalue weighted by atomic mass is 9.74. The van der Waals surface area contributed by atoms with E-state index in [1.807, 2.05) is 0 Å². The van der Waals surface area contributed by atoms with E-state index in [1.165, 1.54) is 19.3 Å². The first-order valence-corrected chi connectivity index (χ1v) is 3.34. The van der Waals surface area contributed by atoms with Crippen LogP contribution in [0.15, 0.2) is 0 Å². The van der Waals surface area contributed by atoms with Gasteiger partial charge in [-0.15, -0.1) is 0 Å². The Balaban J connectivity index is 2.16. The van der Waals surface area contributed by atoms with Crippen LogP contribution in [0.4, 0.5) is 0 Å². The Kier molecular flexibility index (Phi) is 1.36. The predicted molar refractivity (Wildman–Crippen MR) is 32.2 cm³/mol. The standard InChI is InChI=1S/C7H14/c1-3-7-5-4-6(7)2/h6-7H,3-5H2,1-2H3/t6?,7-/m0/s1. The van der Waals surface area contributed by atoms with Crippen molar-refractivity contribution in [3.8, 4) is 0 Å². The predicted octanol–water partition coefficient (Wildman–Crippen LogP) is 2.44. The number of hydrogen-bond donors (Lipinski definition) is 0. The SMILES string of the molecule is CC[C@H]1CCC1C. The summed E-state index contributed by atoms with van der Waals surface area (Å²) in [5.74, 6) is 2.13. The normalized spacial score (nSPS) is 40.3. The highest BCUT2D eigenvalue weighted by atomic mass is 14.3. The topological polar surface area (TPSA) is 0 Å². The molecule has 1 saturated carbocycles. The van der Waals surface area contributed by atoms with Crippen LogP contribution in [0.1, 0.15) is 33.1 Å². The van der Waals surface area contributed by atoms with Gasteiger partial charge in [0.05, 0.1) is 0 Å². The second kappa shape index (κ2) is 1.85. The van der Waals surface area contributed by atoms with Crippen LogP contribution < -0.4 is 0 Å². The molecule has 42 valence electrons. The van der Waals surface area contributed by atoms with Gasteiger partial charge in [-0.05, 0) is 18.3 Å². The molecular formula is C7H14. The van der Waals surface area contributed by atoms with Gasteiger partial charge in [0.15, 0.2) is 0 Å². The van der Waals surface area contributed by atoms with Crippen molar-refractivity contribution in [2.24, 2.45) is 11.8 Å². The average molecular weight is 98.2 g/mol. The Morgan fingerprint density at radius 2 is 2.14 bits per heavy atom. The first-order chi connectivity index (χ1) is 3.34. The molecule has 1 unspecified atom stereocenters. The third kappa shape index (κ3) is 0.793. The molecular weight excluding hydrogens is 84.1 g/mol. The van der Waals surface area contributed by atoms with Gasteiger partial charge >= 0.3 is 0 Å².